The van der Waals surface area contributed by atoms with Gasteiger partial charge in [0.05, 0.1) is 15.6 Å². The molecular formula is C27H27Cl3FN3O4S. The second kappa shape index (κ2) is 13.5. The molecule has 3 aromatic rings. The second-order valence-corrected chi connectivity index (χ2v) is 11.6. The minimum atomic E-state index is -4.30. The number of hydrogen-bond acceptors (Lipinski definition) is 4. The van der Waals surface area contributed by atoms with Crippen LogP contribution in [0.5, 0.6) is 0 Å². The summed E-state index contributed by atoms with van der Waals surface area (Å²) in [6.07, 6.45) is 0.247. The van der Waals surface area contributed by atoms with Crippen LogP contribution in [0.25, 0.3) is 0 Å². The van der Waals surface area contributed by atoms with Crippen LogP contribution >= 0.6 is 34.8 Å². The number of sulfonamides is 1. The van der Waals surface area contributed by atoms with Crippen molar-refractivity contribution in [2.24, 2.45) is 0 Å². The van der Waals surface area contributed by atoms with Gasteiger partial charge in [-0.2, -0.15) is 0 Å². The first kappa shape index (κ1) is 30.7. The molecule has 0 heterocycles. The predicted molar refractivity (Wildman–Crippen MR) is 152 cm³/mol. The molecular weight excluding hydrogens is 588 g/mol. The molecule has 0 bridgehead atoms. The van der Waals surface area contributed by atoms with Crippen molar-refractivity contribution < 1.29 is 22.4 Å². The Kier molecular flexibility index (Phi) is 10.6. The van der Waals surface area contributed by atoms with E-state index in [0.29, 0.717) is 17.1 Å². The average Bonchev–Trinajstić information content (AvgIpc) is 2.90. The number of hydrogen-bond donors (Lipinski definition) is 1. The first-order valence-corrected chi connectivity index (χ1v) is 14.6. The summed E-state index contributed by atoms with van der Waals surface area (Å²) in [4.78, 5) is 28.1. The molecule has 3 aromatic carbocycles. The highest BCUT2D eigenvalue weighted by atomic mass is 35.5. The van der Waals surface area contributed by atoms with Crippen molar-refractivity contribution in [1.29, 1.82) is 0 Å². The topological polar surface area (TPSA) is 86.8 Å². The number of nitrogens with zero attached hydrogens (tertiary/aromatic N) is 2. The first-order valence-electron chi connectivity index (χ1n) is 12.0. The lowest BCUT2D eigenvalue weighted by atomic mass is 10.1. The smallest absolute Gasteiger partial charge is 0.264 e. The third-order valence-electron chi connectivity index (χ3n) is 5.89. The number of likely N-dealkylation sites (N-methyl/N-ethyl adjacent to an activating group) is 1. The van der Waals surface area contributed by atoms with Gasteiger partial charge in [-0.15, -0.1) is 0 Å². The summed E-state index contributed by atoms with van der Waals surface area (Å²) < 4.78 is 42.2. The average molecular weight is 615 g/mol. The predicted octanol–water partition coefficient (Wildman–Crippen LogP) is 5.92. The number of carbonyl (C=O) groups is 2. The zero-order valence-corrected chi connectivity index (χ0v) is 24.3. The molecule has 208 valence electrons. The lowest BCUT2D eigenvalue weighted by Crippen LogP contribution is -2.52. The van der Waals surface area contributed by atoms with E-state index in [0.717, 1.165) is 16.4 Å². The maximum Gasteiger partial charge on any atom is 0.264 e. The summed E-state index contributed by atoms with van der Waals surface area (Å²) in [5.41, 5.74) is 0.494. The van der Waals surface area contributed by atoms with E-state index in [9.17, 15) is 22.4 Å². The minimum Gasteiger partial charge on any atom is -0.355 e. The highest BCUT2D eigenvalue weighted by Gasteiger charge is 2.34. The van der Waals surface area contributed by atoms with Gasteiger partial charge in [0.1, 0.15) is 18.4 Å². The largest absolute Gasteiger partial charge is 0.355 e. The second-order valence-electron chi connectivity index (χ2n) is 8.50. The molecule has 0 aliphatic carbocycles. The molecule has 0 unspecified atom stereocenters. The number of nitrogens with one attached hydrogen (secondary N) is 1. The van der Waals surface area contributed by atoms with Crippen LogP contribution in [0.15, 0.2) is 71.6 Å². The summed E-state index contributed by atoms with van der Waals surface area (Å²) in [6, 6.07) is 14.7. The van der Waals surface area contributed by atoms with Gasteiger partial charge in [0, 0.05) is 23.1 Å². The van der Waals surface area contributed by atoms with E-state index in [1.165, 1.54) is 29.2 Å². The Labute approximate surface area is 242 Å². The normalized spacial score (nSPS) is 12.1. The molecule has 0 fully saturated rings. The Morgan fingerprint density at radius 2 is 1.64 bits per heavy atom. The van der Waals surface area contributed by atoms with Crippen LogP contribution < -0.4 is 9.62 Å². The van der Waals surface area contributed by atoms with Crippen molar-refractivity contribution in [3.8, 4) is 0 Å². The van der Waals surface area contributed by atoms with Crippen molar-refractivity contribution in [1.82, 2.24) is 10.2 Å². The van der Waals surface area contributed by atoms with Crippen LogP contribution in [0.2, 0.25) is 15.1 Å². The van der Waals surface area contributed by atoms with E-state index in [4.69, 9.17) is 34.8 Å². The van der Waals surface area contributed by atoms with Gasteiger partial charge in [-0.1, -0.05) is 66.0 Å². The Morgan fingerprint density at radius 3 is 2.23 bits per heavy atom. The molecule has 0 spiro atoms. The third-order valence-corrected chi connectivity index (χ3v) is 8.56. The Morgan fingerprint density at radius 1 is 0.949 bits per heavy atom. The molecule has 0 aliphatic heterocycles. The fourth-order valence-electron chi connectivity index (χ4n) is 3.93. The maximum atomic E-state index is 14.0. The molecule has 0 saturated carbocycles. The van der Waals surface area contributed by atoms with Gasteiger partial charge >= 0.3 is 0 Å². The summed E-state index contributed by atoms with van der Waals surface area (Å²) in [5, 5.41) is 3.08. The van der Waals surface area contributed by atoms with Crippen molar-refractivity contribution in [2.45, 2.75) is 37.8 Å². The van der Waals surface area contributed by atoms with Gasteiger partial charge in [-0.25, -0.2) is 12.8 Å². The van der Waals surface area contributed by atoms with E-state index in [1.807, 2.05) is 0 Å². The van der Waals surface area contributed by atoms with Gasteiger partial charge < -0.3 is 10.2 Å². The van der Waals surface area contributed by atoms with E-state index in [-0.39, 0.29) is 33.6 Å². The van der Waals surface area contributed by atoms with E-state index in [2.05, 4.69) is 5.32 Å². The number of anilines is 1. The standard InChI is InChI=1S/C27H27Cl3FN3O4S/c1-3-25(27(36)32-4-2)33(16-18-10-11-19(28)14-22(18)29)26(35)17-34(20-12-13-24(31)23(30)15-20)39(37,38)21-8-6-5-7-9-21/h5-15,25H,3-4,16-17H2,1-2H3,(H,32,36)/t25-/m0/s1. The lowest BCUT2D eigenvalue weighted by molar-refractivity contribution is -0.140. The summed E-state index contributed by atoms with van der Waals surface area (Å²) in [7, 11) is -4.30. The van der Waals surface area contributed by atoms with Crippen LogP contribution in [-0.4, -0.2) is 44.3 Å². The van der Waals surface area contributed by atoms with Crippen molar-refractivity contribution in [2.75, 3.05) is 17.4 Å². The number of benzene rings is 3. The Balaban J connectivity index is 2.09. The zero-order chi connectivity index (χ0) is 28.7. The molecule has 0 aromatic heterocycles. The molecule has 0 saturated heterocycles. The van der Waals surface area contributed by atoms with Gasteiger partial charge in [0.25, 0.3) is 10.0 Å². The SMILES string of the molecule is CCNC(=O)[C@H](CC)N(Cc1ccc(Cl)cc1Cl)C(=O)CN(c1ccc(F)c(Cl)c1)S(=O)(=O)c1ccccc1. The van der Waals surface area contributed by atoms with Gasteiger partial charge in [-0.3, -0.25) is 13.9 Å². The molecule has 3 rings (SSSR count). The molecule has 39 heavy (non-hydrogen) atoms. The van der Waals surface area contributed by atoms with Crippen molar-refractivity contribution >= 4 is 62.3 Å². The Bertz CT molecular complexity index is 1440. The zero-order valence-electron chi connectivity index (χ0n) is 21.2. The molecule has 1 N–H and O–H groups in total. The van der Waals surface area contributed by atoms with Crippen molar-refractivity contribution in [3.05, 3.63) is 93.2 Å². The van der Waals surface area contributed by atoms with Gasteiger partial charge in [0.2, 0.25) is 11.8 Å². The fourth-order valence-corrected chi connectivity index (χ4v) is 6.00. The van der Waals surface area contributed by atoms with Crippen LogP contribution in [0, 0.1) is 5.82 Å². The van der Waals surface area contributed by atoms with E-state index >= 15 is 0 Å². The molecule has 1 atom stereocenters. The molecule has 12 heteroatoms. The number of carbonyl (C=O) groups excluding carboxylic acids is 2. The highest BCUT2D eigenvalue weighted by Crippen LogP contribution is 2.29. The molecule has 0 radical (unpaired) electrons. The summed E-state index contributed by atoms with van der Waals surface area (Å²) in [5.74, 6) is -1.83. The fraction of sp³-hybridized carbons (Fsp3) is 0.259. The molecule has 2 amide bonds. The monoisotopic (exact) mass is 613 g/mol. The number of rotatable bonds is 11. The van der Waals surface area contributed by atoms with E-state index < -0.39 is 40.2 Å². The van der Waals surface area contributed by atoms with Gasteiger partial charge in [-0.05, 0) is 61.4 Å². The number of amides is 2. The first-order chi connectivity index (χ1) is 18.5. The summed E-state index contributed by atoms with van der Waals surface area (Å²) in [6.45, 7) is 3.04. The molecule has 0 aliphatic rings. The lowest BCUT2D eigenvalue weighted by Gasteiger charge is -2.33. The minimum absolute atomic E-state index is 0.0193. The number of halogens is 4. The molecule has 7 nitrogen and oxygen atoms in total. The summed E-state index contributed by atoms with van der Waals surface area (Å²) >= 11 is 18.4. The van der Waals surface area contributed by atoms with Crippen molar-refractivity contribution in [3.63, 3.8) is 0 Å². The van der Waals surface area contributed by atoms with Crippen LogP contribution in [0.1, 0.15) is 25.8 Å². The maximum absolute atomic E-state index is 14.0. The quantitative estimate of drug-likeness (QED) is 0.290. The van der Waals surface area contributed by atoms with Crippen LogP contribution in [0.4, 0.5) is 10.1 Å². The third kappa shape index (κ3) is 7.42. The van der Waals surface area contributed by atoms with E-state index in [1.54, 1.807) is 44.2 Å². The Hall–Kier alpha value is -2.85. The highest BCUT2D eigenvalue weighted by molar-refractivity contribution is 7.92. The van der Waals surface area contributed by atoms with Gasteiger partial charge in [0.15, 0.2) is 0 Å². The van der Waals surface area contributed by atoms with Crippen LogP contribution in [0.3, 0.4) is 0 Å². The van der Waals surface area contributed by atoms with Crippen LogP contribution in [-0.2, 0) is 26.2 Å².